The zero-order valence-electron chi connectivity index (χ0n) is 18.1. The number of aromatic nitrogens is 2. The van der Waals surface area contributed by atoms with Crippen LogP contribution in [0.2, 0.25) is 0 Å². The fourth-order valence-electron chi connectivity index (χ4n) is 4.10. The lowest BCUT2D eigenvalue weighted by molar-refractivity contribution is -0.117. The number of nitrogens with one attached hydrogen (secondary N) is 2. The molecular formula is C27H24N4O2. The second-order valence-corrected chi connectivity index (χ2v) is 8.36. The summed E-state index contributed by atoms with van der Waals surface area (Å²) in [7, 11) is 0. The lowest BCUT2D eigenvalue weighted by atomic mass is 10.1. The van der Waals surface area contributed by atoms with Gasteiger partial charge in [0.05, 0.1) is 0 Å². The molecule has 2 atom stereocenters. The molecule has 1 saturated carbocycles. The molecular weight excluding hydrogens is 412 g/mol. The topological polar surface area (TPSA) is 84.0 Å². The summed E-state index contributed by atoms with van der Waals surface area (Å²) in [5.41, 5.74) is 3.60. The first-order chi connectivity index (χ1) is 16.2. The molecule has 164 valence electrons. The Morgan fingerprint density at radius 1 is 0.909 bits per heavy atom. The molecule has 4 aromatic rings. The fraction of sp³-hybridized carbons (Fsp3) is 0.185. The highest BCUT2D eigenvalue weighted by molar-refractivity contribution is 5.97. The van der Waals surface area contributed by atoms with Gasteiger partial charge >= 0.3 is 0 Å². The van der Waals surface area contributed by atoms with Crippen LogP contribution < -0.4 is 10.6 Å². The van der Waals surface area contributed by atoms with Crippen molar-refractivity contribution in [3.05, 3.63) is 102 Å². The SMILES string of the molecule is O=C(NCCc1cccnc1)c1ccc([C@@H]2C[C@H]2C(=O)Nc2ccc3cnccc3c2)cc1. The number of amides is 2. The second kappa shape index (κ2) is 9.20. The lowest BCUT2D eigenvalue weighted by Crippen LogP contribution is -2.25. The molecule has 2 N–H and O–H groups in total. The number of nitrogens with zero attached hydrogens (tertiary/aromatic N) is 2. The average Bonchev–Trinajstić information content (AvgIpc) is 3.66. The average molecular weight is 437 g/mol. The van der Waals surface area contributed by atoms with Crippen LogP contribution in [0.15, 0.2) is 85.5 Å². The van der Waals surface area contributed by atoms with E-state index in [1.807, 2.05) is 66.9 Å². The first-order valence-electron chi connectivity index (χ1n) is 11.1. The Morgan fingerprint density at radius 3 is 2.58 bits per heavy atom. The molecule has 0 aliphatic heterocycles. The van der Waals surface area contributed by atoms with Crippen LogP contribution in [-0.2, 0) is 11.2 Å². The van der Waals surface area contributed by atoms with E-state index < -0.39 is 0 Å². The van der Waals surface area contributed by atoms with Gasteiger partial charge in [0.15, 0.2) is 0 Å². The van der Waals surface area contributed by atoms with Crippen LogP contribution in [0, 0.1) is 5.92 Å². The molecule has 6 heteroatoms. The molecule has 2 aromatic carbocycles. The van der Waals surface area contributed by atoms with E-state index in [2.05, 4.69) is 20.6 Å². The number of anilines is 1. The van der Waals surface area contributed by atoms with E-state index in [1.54, 1.807) is 18.6 Å². The van der Waals surface area contributed by atoms with Crippen molar-refractivity contribution in [3.8, 4) is 0 Å². The number of pyridine rings is 2. The molecule has 1 aliphatic rings. The van der Waals surface area contributed by atoms with Crippen molar-refractivity contribution < 1.29 is 9.59 Å². The van der Waals surface area contributed by atoms with Gasteiger partial charge in [0.1, 0.15) is 0 Å². The highest BCUT2D eigenvalue weighted by Crippen LogP contribution is 2.48. The van der Waals surface area contributed by atoms with E-state index in [0.29, 0.717) is 12.1 Å². The molecule has 0 radical (unpaired) electrons. The molecule has 2 amide bonds. The van der Waals surface area contributed by atoms with E-state index >= 15 is 0 Å². The quantitative estimate of drug-likeness (QED) is 0.451. The maximum absolute atomic E-state index is 12.7. The monoisotopic (exact) mass is 436 g/mol. The van der Waals surface area contributed by atoms with E-state index in [4.69, 9.17) is 0 Å². The van der Waals surface area contributed by atoms with E-state index in [9.17, 15) is 9.59 Å². The first kappa shape index (κ1) is 20.8. The van der Waals surface area contributed by atoms with Gasteiger partial charge in [-0.2, -0.15) is 0 Å². The van der Waals surface area contributed by atoms with Gasteiger partial charge in [-0.15, -0.1) is 0 Å². The Bertz CT molecular complexity index is 1290. The minimum atomic E-state index is -0.0953. The molecule has 6 nitrogen and oxygen atoms in total. The van der Waals surface area contributed by atoms with Crippen LogP contribution in [0.5, 0.6) is 0 Å². The lowest BCUT2D eigenvalue weighted by Gasteiger charge is -2.08. The summed E-state index contributed by atoms with van der Waals surface area (Å²) in [4.78, 5) is 33.3. The minimum absolute atomic E-state index is 0.0330. The van der Waals surface area contributed by atoms with Crippen molar-refractivity contribution in [2.24, 2.45) is 5.92 Å². The van der Waals surface area contributed by atoms with Crippen LogP contribution in [0.1, 0.15) is 33.8 Å². The Labute approximate surface area is 192 Å². The Balaban J connectivity index is 1.14. The third-order valence-electron chi connectivity index (χ3n) is 6.06. The minimum Gasteiger partial charge on any atom is -0.352 e. The maximum atomic E-state index is 12.7. The predicted molar refractivity (Wildman–Crippen MR) is 128 cm³/mol. The molecule has 5 rings (SSSR count). The summed E-state index contributed by atoms with van der Waals surface area (Å²) in [5.74, 6) is 0.0855. The van der Waals surface area contributed by atoms with Gasteiger partial charge in [-0.05, 0) is 71.7 Å². The molecule has 2 heterocycles. The Morgan fingerprint density at radius 2 is 1.76 bits per heavy atom. The van der Waals surface area contributed by atoms with Gasteiger partial charge in [0.2, 0.25) is 5.91 Å². The van der Waals surface area contributed by atoms with Gasteiger partial charge < -0.3 is 10.6 Å². The highest BCUT2D eigenvalue weighted by Gasteiger charge is 2.43. The van der Waals surface area contributed by atoms with Gasteiger partial charge in [0, 0.05) is 53.9 Å². The largest absolute Gasteiger partial charge is 0.352 e. The summed E-state index contributed by atoms with van der Waals surface area (Å²) in [6.45, 7) is 0.558. The van der Waals surface area contributed by atoms with Crippen LogP contribution >= 0.6 is 0 Å². The fourth-order valence-corrected chi connectivity index (χ4v) is 4.10. The van der Waals surface area contributed by atoms with Crippen LogP contribution in [-0.4, -0.2) is 28.3 Å². The van der Waals surface area contributed by atoms with Gasteiger partial charge in [0.25, 0.3) is 5.91 Å². The van der Waals surface area contributed by atoms with Crippen molar-refractivity contribution in [1.82, 2.24) is 15.3 Å². The smallest absolute Gasteiger partial charge is 0.251 e. The van der Waals surface area contributed by atoms with Crippen molar-refractivity contribution in [2.45, 2.75) is 18.8 Å². The van der Waals surface area contributed by atoms with Crippen LogP contribution in [0.3, 0.4) is 0 Å². The third kappa shape index (κ3) is 4.90. The maximum Gasteiger partial charge on any atom is 0.251 e. The van der Waals surface area contributed by atoms with Gasteiger partial charge in [-0.1, -0.05) is 24.3 Å². The van der Waals surface area contributed by atoms with Gasteiger partial charge in [-0.3, -0.25) is 19.6 Å². The molecule has 33 heavy (non-hydrogen) atoms. The number of hydrogen-bond donors (Lipinski definition) is 2. The van der Waals surface area contributed by atoms with Crippen molar-refractivity contribution in [3.63, 3.8) is 0 Å². The van der Waals surface area contributed by atoms with E-state index in [0.717, 1.165) is 40.4 Å². The molecule has 1 aliphatic carbocycles. The zero-order chi connectivity index (χ0) is 22.6. The zero-order valence-corrected chi connectivity index (χ0v) is 18.1. The summed E-state index contributed by atoms with van der Waals surface area (Å²) >= 11 is 0. The number of carbonyl (C=O) groups is 2. The number of hydrogen-bond acceptors (Lipinski definition) is 4. The van der Waals surface area contributed by atoms with Gasteiger partial charge in [-0.25, -0.2) is 0 Å². The molecule has 0 spiro atoms. The Hall–Kier alpha value is -4.06. The molecule has 2 aromatic heterocycles. The predicted octanol–water partition coefficient (Wildman–Crippen LogP) is 4.34. The summed E-state index contributed by atoms with van der Waals surface area (Å²) in [6, 6.07) is 19.2. The third-order valence-corrected chi connectivity index (χ3v) is 6.06. The standard InChI is InChI=1S/C27H24N4O2/c32-26(30-13-9-18-2-1-11-28-16-18)20-5-3-19(4-6-20)24-15-25(24)27(33)31-23-8-7-22-17-29-12-10-21(22)14-23/h1-8,10-12,14,16-17,24-25H,9,13,15H2,(H,30,32)(H,31,33)/t24-,25+/m0/s1. The van der Waals surface area contributed by atoms with Crippen molar-refractivity contribution >= 4 is 28.3 Å². The normalized spacial score (nSPS) is 16.8. The first-order valence-corrected chi connectivity index (χ1v) is 11.1. The second-order valence-electron chi connectivity index (χ2n) is 8.36. The van der Waals surface area contributed by atoms with Crippen LogP contribution in [0.25, 0.3) is 10.8 Å². The summed E-state index contributed by atoms with van der Waals surface area (Å²) in [5, 5.41) is 8.07. The number of carbonyl (C=O) groups excluding carboxylic acids is 2. The van der Waals surface area contributed by atoms with Crippen molar-refractivity contribution in [1.29, 1.82) is 0 Å². The van der Waals surface area contributed by atoms with E-state index in [1.165, 1.54) is 0 Å². The number of rotatable bonds is 7. The number of fused-ring (bicyclic) bond motifs is 1. The number of benzene rings is 2. The molecule has 0 bridgehead atoms. The van der Waals surface area contributed by atoms with Crippen molar-refractivity contribution in [2.75, 3.05) is 11.9 Å². The Kier molecular flexibility index (Phi) is 5.81. The highest BCUT2D eigenvalue weighted by atomic mass is 16.2. The molecule has 1 fully saturated rings. The summed E-state index contributed by atoms with van der Waals surface area (Å²) in [6.07, 6.45) is 8.66. The summed E-state index contributed by atoms with van der Waals surface area (Å²) < 4.78 is 0. The van der Waals surface area contributed by atoms with Crippen LogP contribution in [0.4, 0.5) is 5.69 Å². The molecule has 0 unspecified atom stereocenters. The van der Waals surface area contributed by atoms with E-state index in [-0.39, 0.29) is 23.7 Å². The molecule has 0 saturated heterocycles.